The normalized spacial score (nSPS) is 18.7. The Labute approximate surface area is 106 Å². The lowest BCUT2D eigenvalue weighted by Gasteiger charge is -2.23. The maximum absolute atomic E-state index is 11.1. The molecule has 4 nitrogen and oxygen atoms in total. The summed E-state index contributed by atoms with van der Waals surface area (Å²) in [5.41, 5.74) is 3.34. The van der Waals surface area contributed by atoms with E-state index in [1.54, 1.807) is 0 Å². The van der Waals surface area contributed by atoms with Crippen LogP contribution >= 0.6 is 0 Å². The fraction of sp³-hybridized carbons (Fsp3) is 0.429. The summed E-state index contributed by atoms with van der Waals surface area (Å²) in [4.78, 5) is 15.7. The van der Waals surface area contributed by atoms with Gasteiger partial charge < -0.3 is 9.30 Å². The van der Waals surface area contributed by atoms with E-state index in [4.69, 9.17) is 4.74 Å². The lowest BCUT2D eigenvalue weighted by atomic mass is 10.1. The van der Waals surface area contributed by atoms with E-state index in [2.05, 4.69) is 28.6 Å². The Kier molecular flexibility index (Phi) is 2.58. The van der Waals surface area contributed by atoms with Gasteiger partial charge in [0.25, 0.3) is 0 Å². The average Bonchev–Trinajstić information content (AvgIpc) is 2.68. The lowest BCUT2D eigenvalue weighted by Crippen LogP contribution is -2.19. The number of ether oxygens (including phenoxy) is 1. The number of hydrogen-bond acceptors (Lipinski definition) is 3. The Morgan fingerprint density at radius 1 is 1.50 bits per heavy atom. The molecule has 18 heavy (non-hydrogen) atoms. The Hall–Kier alpha value is -1.84. The Balaban J connectivity index is 2.12. The number of imidazole rings is 1. The van der Waals surface area contributed by atoms with Crippen LogP contribution in [0.25, 0.3) is 11.0 Å². The Morgan fingerprint density at radius 3 is 3.11 bits per heavy atom. The van der Waals surface area contributed by atoms with E-state index in [-0.39, 0.29) is 12.1 Å². The van der Waals surface area contributed by atoms with Gasteiger partial charge in [-0.05, 0) is 37.5 Å². The van der Waals surface area contributed by atoms with Crippen LogP contribution in [0.4, 0.5) is 0 Å². The highest BCUT2D eigenvalue weighted by Gasteiger charge is 2.26. The minimum Gasteiger partial charge on any atom is -0.454 e. The number of hydrogen-bond donors (Lipinski definition) is 0. The fourth-order valence-corrected chi connectivity index (χ4v) is 2.61. The summed E-state index contributed by atoms with van der Waals surface area (Å²) in [6.07, 6.45) is 1.69. The van der Waals surface area contributed by atoms with Crippen LogP contribution in [-0.4, -0.2) is 15.5 Å². The molecular weight excluding hydrogens is 228 g/mol. The van der Waals surface area contributed by atoms with E-state index in [0.29, 0.717) is 0 Å². The first-order chi connectivity index (χ1) is 8.65. The summed E-state index contributed by atoms with van der Waals surface area (Å²) in [5, 5.41) is 0. The zero-order chi connectivity index (χ0) is 12.7. The molecule has 0 saturated carbocycles. The second kappa shape index (κ2) is 4.12. The topological polar surface area (TPSA) is 44.1 Å². The summed E-state index contributed by atoms with van der Waals surface area (Å²) in [6.45, 7) is 4.48. The third kappa shape index (κ3) is 1.78. The second-order valence-corrected chi connectivity index (χ2v) is 4.85. The summed E-state index contributed by atoms with van der Waals surface area (Å²) >= 11 is 0. The third-order valence-corrected chi connectivity index (χ3v) is 3.38. The molecule has 3 rings (SSSR count). The van der Waals surface area contributed by atoms with Crippen molar-refractivity contribution in [1.82, 2.24) is 9.55 Å². The van der Waals surface area contributed by atoms with Crippen LogP contribution < -0.4 is 0 Å². The van der Waals surface area contributed by atoms with E-state index in [9.17, 15) is 4.79 Å². The smallest absolute Gasteiger partial charge is 0.303 e. The van der Waals surface area contributed by atoms with E-state index < -0.39 is 0 Å². The molecule has 0 fully saturated rings. The average molecular weight is 244 g/mol. The van der Waals surface area contributed by atoms with Crippen molar-refractivity contribution in [3.05, 3.63) is 29.6 Å². The van der Waals surface area contributed by atoms with Crippen LogP contribution in [0.2, 0.25) is 0 Å². The minimum absolute atomic E-state index is 0.191. The van der Waals surface area contributed by atoms with Crippen molar-refractivity contribution < 1.29 is 9.53 Å². The van der Waals surface area contributed by atoms with Crippen LogP contribution in [0.3, 0.4) is 0 Å². The molecule has 1 atom stereocenters. The second-order valence-electron chi connectivity index (χ2n) is 4.85. The first-order valence-electron chi connectivity index (χ1n) is 6.29. The Morgan fingerprint density at radius 2 is 2.33 bits per heavy atom. The zero-order valence-corrected chi connectivity index (χ0v) is 10.6. The summed E-state index contributed by atoms with van der Waals surface area (Å²) < 4.78 is 7.54. The predicted octanol–water partition coefficient (Wildman–Crippen LogP) is 2.74. The van der Waals surface area contributed by atoms with Crippen molar-refractivity contribution in [1.29, 1.82) is 0 Å². The summed E-state index contributed by atoms with van der Waals surface area (Å²) in [7, 11) is 0. The number of nitrogens with zero attached hydrogens (tertiary/aromatic N) is 2. The van der Waals surface area contributed by atoms with Crippen LogP contribution in [0.1, 0.15) is 37.3 Å². The van der Waals surface area contributed by atoms with Gasteiger partial charge in [-0.1, -0.05) is 6.07 Å². The van der Waals surface area contributed by atoms with Gasteiger partial charge in [0.05, 0.1) is 11.0 Å². The molecule has 0 N–H and O–H groups in total. The maximum Gasteiger partial charge on any atom is 0.303 e. The molecule has 0 spiro atoms. The molecule has 94 valence electrons. The van der Waals surface area contributed by atoms with E-state index >= 15 is 0 Å². The summed E-state index contributed by atoms with van der Waals surface area (Å²) in [6, 6.07) is 6.23. The number of fused-ring (bicyclic) bond motifs is 3. The molecule has 0 radical (unpaired) electrons. The highest BCUT2D eigenvalue weighted by Crippen LogP contribution is 2.31. The van der Waals surface area contributed by atoms with Gasteiger partial charge >= 0.3 is 5.97 Å². The van der Waals surface area contributed by atoms with Crippen LogP contribution in [0, 0.1) is 6.92 Å². The van der Waals surface area contributed by atoms with Gasteiger partial charge in [0.1, 0.15) is 0 Å². The minimum atomic E-state index is -0.239. The summed E-state index contributed by atoms with van der Waals surface area (Å²) in [5.74, 6) is 0.647. The van der Waals surface area contributed by atoms with E-state index in [1.165, 1.54) is 12.5 Å². The highest BCUT2D eigenvalue weighted by molar-refractivity contribution is 5.77. The van der Waals surface area contributed by atoms with Crippen molar-refractivity contribution in [3.8, 4) is 0 Å². The van der Waals surface area contributed by atoms with Crippen molar-refractivity contribution in [2.75, 3.05) is 0 Å². The molecule has 0 saturated heterocycles. The highest BCUT2D eigenvalue weighted by atomic mass is 16.5. The number of carbonyl (C=O) groups is 1. The molecular formula is C14H16N2O2. The molecule has 0 bridgehead atoms. The van der Waals surface area contributed by atoms with Crippen molar-refractivity contribution in [2.45, 2.75) is 39.3 Å². The van der Waals surface area contributed by atoms with E-state index in [1.807, 2.05) is 6.07 Å². The molecule has 4 heteroatoms. The SMILES string of the molecule is CC(=O)OC1CCCn2c1nc1ccc(C)cc12. The molecule has 1 aromatic carbocycles. The van der Waals surface area contributed by atoms with Gasteiger partial charge in [0.15, 0.2) is 11.9 Å². The van der Waals surface area contributed by atoms with Gasteiger partial charge in [-0.2, -0.15) is 0 Å². The number of esters is 1. The lowest BCUT2D eigenvalue weighted by molar-refractivity contribution is -0.148. The van der Waals surface area contributed by atoms with Gasteiger partial charge in [0.2, 0.25) is 0 Å². The van der Waals surface area contributed by atoms with Crippen LogP contribution in [0.5, 0.6) is 0 Å². The third-order valence-electron chi connectivity index (χ3n) is 3.38. The quantitative estimate of drug-likeness (QED) is 0.724. The van der Waals surface area contributed by atoms with Crippen molar-refractivity contribution in [2.24, 2.45) is 0 Å². The van der Waals surface area contributed by atoms with Crippen LogP contribution in [0.15, 0.2) is 18.2 Å². The molecule has 1 aliphatic heterocycles. The van der Waals surface area contributed by atoms with E-state index in [0.717, 1.165) is 36.2 Å². The maximum atomic E-state index is 11.1. The van der Waals surface area contributed by atoms with Gasteiger partial charge in [0, 0.05) is 13.5 Å². The Bertz CT molecular complexity index is 616. The predicted molar refractivity (Wildman–Crippen MR) is 68.2 cm³/mol. The molecule has 1 aliphatic rings. The first-order valence-corrected chi connectivity index (χ1v) is 6.29. The monoisotopic (exact) mass is 244 g/mol. The fourth-order valence-electron chi connectivity index (χ4n) is 2.61. The van der Waals surface area contributed by atoms with Gasteiger partial charge in [-0.3, -0.25) is 4.79 Å². The number of benzene rings is 1. The number of rotatable bonds is 1. The van der Waals surface area contributed by atoms with Gasteiger partial charge in [-0.15, -0.1) is 0 Å². The van der Waals surface area contributed by atoms with Crippen LogP contribution in [-0.2, 0) is 16.1 Å². The molecule has 1 unspecified atom stereocenters. The molecule has 2 aromatic rings. The largest absolute Gasteiger partial charge is 0.454 e. The number of carbonyl (C=O) groups excluding carboxylic acids is 1. The number of aromatic nitrogens is 2. The molecule has 2 heterocycles. The van der Waals surface area contributed by atoms with Crippen molar-refractivity contribution >= 4 is 17.0 Å². The molecule has 0 aliphatic carbocycles. The number of aryl methyl sites for hydroxylation is 2. The zero-order valence-electron chi connectivity index (χ0n) is 10.6. The van der Waals surface area contributed by atoms with Gasteiger partial charge in [-0.25, -0.2) is 4.98 Å². The molecule has 1 aromatic heterocycles. The van der Waals surface area contributed by atoms with Crippen molar-refractivity contribution in [3.63, 3.8) is 0 Å². The standard InChI is InChI=1S/C14H16N2O2/c1-9-5-6-11-12(8-9)16-7-3-4-13(14(16)15-11)18-10(2)17/h5-6,8,13H,3-4,7H2,1-2H3. The first kappa shape index (κ1) is 11.3. The molecule has 0 amide bonds.